The van der Waals surface area contributed by atoms with Crippen LogP contribution in [0, 0.1) is 29.9 Å². The van der Waals surface area contributed by atoms with E-state index in [1.807, 2.05) is 0 Å². The molecule has 1 saturated heterocycles. The van der Waals surface area contributed by atoms with Gasteiger partial charge in [0.05, 0.1) is 10.7 Å². The number of hydrogen-bond donors (Lipinski definition) is 0. The molecule has 2 rings (SSSR count). The summed E-state index contributed by atoms with van der Waals surface area (Å²) >= 11 is 0. The van der Waals surface area contributed by atoms with Gasteiger partial charge < -0.3 is 4.90 Å². The van der Waals surface area contributed by atoms with Gasteiger partial charge in [0.25, 0.3) is 5.69 Å². The summed E-state index contributed by atoms with van der Waals surface area (Å²) < 4.78 is 34.2. The number of rotatable bonds is 4. The lowest BCUT2D eigenvalue weighted by atomic mass is 10.1. The Labute approximate surface area is 127 Å². The SMILES string of the molecule is Cc1cc([N+](=O)[O-])cc(C)c1N1CC(CS(=O)(=O)F)CC1=O. The lowest BCUT2D eigenvalue weighted by Crippen LogP contribution is -2.27. The molecule has 0 radical (unpaired) electrons. The van der Waals surface area contributed by atoms with Gasteiger partial charge in [0.1, 0.15) is 0 Å². The molecule has 0 bridgehead atoms. The maximum atomic E-state index is 12.8. The third kappa shape index (κ3) is 3.41. The molecular weight excluding hydrogens is 315 g/mol. The molecule has 1 aromatic rings. The summed E-state index contributed by atoms with van der Waals surface area (Å²) in [6.45, 7) is 3.37. The van der Waals surface area contributed by atoms with E-state index in [0.717, 1.165) is 0 Å². The van der Waals surface area contributed by atoms with E-state index < -0.39 is 26.8 Å². The van der Waals surface area contributed by atoms with E-state index >= 15 is 0 Å². The summed E-state index contributed by atoms with van der Waals surface area (Å²) in [5, 5.41) is 10.8. The molecule has 0 spiro atoms. The van der Waals surface area contributed by atoms with Gasteiger partial charge in [-0.2, -0.15) is 8.42 Å². The zero-order valence-electron chi connectivity index (χ0n) is 12.1. The average Bonchev–Trinajstić information content (AvgIpc) is 2.66. The normalized spacial score (nSPS) is 18.8. The third-order valence-electron chi connectivity index (χ3n) is 3.60. The number of hydrogen-bond acceptors (Lipinski definition) is 5. The van der Waals surface area contributed by atoms with Crippen molar-refractivity contribution in [2.45, 2.75) is 20.3 Å². The van der Waals surface area contributed by atoms with Gasteiger partial charge in [-0.05, 0) is 25.0 Å². The molecule has 0 aromatic heterocycles. The van der Waals surface area contributed by atoms with Crippen LogP contribution in [-0.4, -0.2) is 31.5 Å². The number of halogens is 1. The number of non-ortho nitro benzene ring substituents is 1. The highest BCUT2D eigenvalue weighted by Gasteiger charge is 2.35. The molecule has 1 fully saturated rings. The van der Waals surface area contributed by atoms with Crippen LogP contribution in [0.3, 0.4) is 0 Å². The van der Waals surface area contributed by atoms with Crippen molar-refractivity contribution in [3.05, 3.63) is 33.4 Å². The van der Waals surface area contributed by atoms with E-state index in [2.05, 4.69) is 0 Å². The van der Waals surface area contributed by atoms with Crippen molar-refractivity contribution in [2.24, 2.45) is 5.92 Å². The predicted molar refractivity (Wildman–Crippen MR) is 77.9 cm³/mol. The van der Waals surface area contributed by atoms with Gasteiger partial charge in [0.15, 0.2) is 0 Å². The zero-order valence-corrected chi connectivity index (χ0v) is 12.9. The fourth-order valence-electron chi connectivity index (χ4n) is 2.86. The van der Waals surface area contributed by atoms with Crippen molar-refractivity contribution in [3.63, 3.8) is 0 Å². The van der Waals surface area contributed by atoms with Crippen LogP contribution in [-0.2, 0) is 15.0 Å². The Hall–Kier alpha value is -2.03. The van der Waals surface area contributed by atoms with Gasteiger partial charge in [-0.25, -0.2) is 0 Å². The fraction of sp³-hybridized carbons (Fsp3) is 0.462. The molecule has 1 amide bonds. The Bertz CT molecular complexity index is 724. The first-order valence-electron chi connectivity index (χ1n) is 6.57. The first kappa shape index (κ1) is 16.3. The highest BCUT2D eigenvalue weighted by atomic mass is 32.3. The van der Waals surface area contributed by atoms with Gasteiger partial charge in [-0.1, -0.05) is 0 Å². The fourth-order valence-corrected chi connectivity index (χ4v) is 3.64. The van der Waals surface area contributed by atoms with Crippen LogP contribution in [0.15, 0.2) is 12.1 Å². The van der Waals surface area contributed by atoms with Gasteiger partial charge in [-0.3, -0.25) is 14.9 Å². The van der Waals surface area contributed by atoms with Crippen molar-refractivity contribution in [2.75, 3.05) is 17.2 Å². The largest absolute Gasteiger partial charge is 0.312 e. The second-order valence-corrected chi connectivity index (χ2v) is 6.88. The molecule has 9 heteroatoms. The molecule has 1 heterocycles. The molecule has 22 heavy (non-hydrogen) atoms. The summed E-state index contributed by atoms with van der Waals surface area (Å²) in [6, 6.07) is 2.71. The summed E-state index contributed by atoms with van der Waals surface area (Å²) in [6.07, 6.45) is -0.0565. The minimum absolute atomic E-state index is 0.0565. The van der Waals surface area contributed by atoms with Crippen molar-refractivity contribution in [1.29, 1.82) is 0 Å². The monoisotopic (exact) mass is 330 g/mol. The Morgan fingerprint density at radius 1 is 1.36 bits per heavy atom. The number of anilines is 1. The number of carbonyl (C=O) groups is 1. The topological polar surface area (TPSA) is 97.6 Å². The molecule has 1 aliphatic heterocycles. The Kier molecular flexibility index (Phi) is 4.19. The maximum Gasteiger partial charge on any atom is 0.302 e. The van der Waals surface area contributed by atoms with Crippen molar-refractivity contribution >= 4 is 27.5 Å². The standard InChI is InChI=1S/C13H15FN2O5S/c1-8-3-11(16(18)19)4-9(2)13(8)15-6-10(5-12(15)17)7-22(14,20)21/h3-4,10H,5-7H2,1-2H3. The van der Waals surface area contributed by atoms with E-state index in [1.165, 1.54) is 17.0 Å². The lowest BCUT2D eigenvalue weighted by Gasteiger charge is -2.21. The van der Waals surface area contributed by atoms with Gasteiger partial charge >= 0.3 is 10.2 Å². The summed E-state index contributed by atoms with van der Waals surface area (Å²) in [5.74, 6) is -1.62. The molecule has 1 atom stereocenters. The van der Waals surface area contributed by atoms with Crippen molar-refractivity contribution in [1.82, 2.24) is 0 Å². The minimum Gasteiger partial charge on any atom is -0.312 e. The van der Waals surface area contributed by atoms with Crippen LogP contribution < -0.4 is 4.90 Å². The number of carbonyl (C=O) groups excluding carboxylic acids is 1. The number of benzene rings is 1. The number of nitrogens with zero attached hydrogens (tertiary/aromatic N) is 2. The molecular formula is C13H15FN2O5S. The average molecular weight is 330 g/mol. The lowest BCUT2D eigenvalue weighted by molar-refractivity contribution is -0.384. The first-order chi connectivity index (χ1) is 10.1. The van der Waals surface area contributed by atoms with Crippen molar-refractivity contribution < 1.29 is 22.0 Å². The number of nitro benzene ring substituents is 1. The maximum absolute atomic E-state index is 12.8. The Morgan fingerprint density at radius 2 is 1.91 bits per heavy atom. The second-order valence-electron chi connectivity index (χ2n) is 5.47. The van der Waals surface area contributed by atoms with Crippen LogP contribution in [0.5, 0.6) is 0 Å². The van der Waals surface area contributed by atoms with Crippen LogP contribution in [0.2, 0.25) is 0 Å². The highest BCUT2D eigenvalue weighted by Crippen LogP contribution is 2.34. The van der Waals surface area contributed by atoms with E-state index in [1.54, 1.807) is 13.8 Å². The number of aryl methyl sites for hydroxylation is 2. The molecule has 1 aromatic carbocycles. The van der Waals surface area contributed by atoms with E-state index in [9.17, 15) is 27.2 Å². The van der Waals surface area contributed by atoms with Crippen LogP contribution in [0.1, 0.15) is 17.5 Å². The molecule has 1 unspecified atom stereocenters. The van der Waals surface area contributed by atoms with Crippen molar-refractivity contribution in [3.8, 4) is 0 Å². The predicted octanol–water partition coefficient (Wildman–Crippen LogP) is 1.86. The van der Waals surface area contributed by atoms with Gasteiger partial charge in [-0.15, -0.1) is 3.89 Å². The molecule has 0 saturated carbocycles. The highest BCUT2D eigenvalue weighted by molar-refractivity contribution is 7.86. The van der Waals surface area contributed by atoms with E-state index in [-0.39, 0.29) is 24.6 Å². The minimum atomic E-state index is -4.64. The molecule has 0 aliphatic carbocycles. The number of amides is 1. The molecule has 1 aliphatic rings. The van der Waals surface area contributed by atoms with Crippen LogP contribution in [0.4, 0.5) is 15.3 Å². The van der Waals surface area contributed by atoms with Crippen LogP contribution >= 0.6 is 0 Å². The van der Waals surface area contributed by atoms with Crippen LogP contribution in [0.25, 0.3) is 0 Å². The summed E-state index contributed by atoms with van der Waals surface area (Å²) in [4.78, 5) is 23.8. The van der Waals surface area contributed by atoms with Gasteiger partial charge in [0.2, 0.25) is 5.91 Å². The molecule has 120 valence electrons. The summed E-state index contributed by atoms with van der Waals surface area (Å²) in [7, 11) is -4.64. The quantitative estimate of drug-likeness (QED) is 0.477. The van der Waals surface area contributed by atoms with E-state index in [0.29, 0.717) is 16.8 Å². The Morgan fingerprint density at radius 3 is 2.36 bits per heavy atom. The summed E-state index contributed by atoms with van der Waals surface area (Å²) in [5.41, 5.74) is 1.54. The second kappa shape index (κ2) is 5.64. The third-order valence-corrected chi connectivity index (χ3v) is 4.47. The first-order valence-corrected chi connectivity index (χ1v) is 8.12. The zero-order chi connectivity index (χ0) is 16.7. The number of nitro groups is 1. The molecule has 0 N–H and O–H groups in total. The smallest absolute Gasteiger partial charge is 0.302 e. The Balaban J connectivity index is 2.33. The van der Waals surface area contributed by atoms with Gasteiger partial charge in [0, 0.05) is 36.7 Å². The van der Waals surface area contributed by atoms with E-state index in [4.69, 9.17) is 0 Å². The molecule has 7 nitrogen and oxygen atoms in total.